The summed E-state index contributed by atoms with van der Waals surface area (Å²) in [4.78, 5) is 105. The molecule has 0 atom stereocenters. The van der Waals surface area contributed by atoms with Gasteiger partial charge in [0.2, 0.25) is 0 Å². The van der Waals surface area contributed by atoms with Crippen molar-refractivity contribution in [1.29, 1.82) is 0 Å². The molecular weight excluding hydrogens is 1220 g/mol. The van der Waals surface area contributed by atoms with Gasteiger partial charge in [0.25, 0.3) is 0 Å². The number of nitrogens with zero attached hydrogens (tertiary/aromatic N) is 24. The molecule has 25 heteroatoms. The Kier molecular flexibility index (Phi) is 19.3. The summed E-state index contributed by atoms with van der Waals surface area (Å²) in [5, 5.41) is 1.42. The minimum Gasteiger partial charge on any atom is -0.357 e. The first-order valence-corrected chi connectivity index (χ1v) is 33.5. The molecule has 12 rings (SSSR count). The maximum absolute atomic E-state index is 5.52. The zero-order chi connectivity index (χ0) is 64.8. The molecule has 0 spiro atoms. The molecule has 0 N–H and O–H groups in total. The molecule has 0 radical (unpaired) electrons. The van der Waals surface area contributed by atoms with Crippen molar-refractivity contribution in [2.24, 2.45) is 0 Å². The van der Waals surface area contributed by atoms with Crippen LogP contribution >= 0.6 is 0 Å². The third kappa shape index (κ3) is 11.4. The first kappa shape index (κ1) is 65.6. The molecule has 2 aliphatic rings. The fourth-order valence-electron chi connectivity index (χ4n) is 12.9. The van der Waals surface area contributed by atoms with Crippen molar-refractivity contribution in [2.45, 2.75) is 111 Å². The topological polar surface area (TPSA) is 235 Å². The minimum atomic E-state index is 0. The molecule has 0 aliphatic carbocycles. The van der Waals surface area contributed by atoms with Gasteiger partial charge in [-0.2, -0.15) is 0 Å². The molecule has 0 unspecified atom stereocenters. The van der Waals surface area contributed by atoms with Crippen LogP contribution in [0.3, 0.4) is 0 Å². The molecule has 2 aliphatic heterocycles. The van der Waals surface area contributed by atoms with Gasteiger partial charge in [0, 0.05) is 150 Å². The van der Waals surface area contributed by atoms with E-state index in [1.54, 1.807) is 0 Å². The van der Waals surface area contributed by atoms with Crippen molar-refractivity contribution >= 4 is 124 Å². The molecule has 0 amide bonds. The quantitative estimate of drug-likeness (QED) is 0.0511. The van der Waals surface area contributed by atoms with Crippen molar-refractivity contribution in [3.8, 4) is 45.6 Å². The van der Waals surface area contributed by atoms with E-state index >= 15 is 0 Å². The van der Waals surface area contributed by atoms with E-state index in [0.29, 0.717) is 138 Å². The predicted octanol–water partition coefficient (Wildman–Crippen LogP) is 11.5. The molecule has 10 aromatic rings. The van der Waals surface area contributed by atoms with E-state index < -0.39 is 0 Å². The van der Waals surface area contributed by atoms with Crippen molar-refractivity contribution in [3.63, 3.8) is 0 Å². The number of anilines is 8. The average Bonchev–Trinajstić information content (AvgIpc) is 1.64. The number of benzene rings is 3. The first-order chi connectivity index (χ1) is 44.8. The molecular formula is C68H86N24Zn. The van der Waals surface area contributed by atoms with E-state index in [1.165, 1.54) is 0 Å². The van der Waals surface area contributed by atoms with Gasteiger partial charge < -0.3 is 69.1 Å². The molecule has 9 heterocycles. The van der Waals surface area contributed by atoms with E-state index in [1.807, 2.05) is 36.4 Å². The van der Waals surface area contributed by atoms with Gasteiger partial charge in [-0.1, -0.05) is 0 Å². The second-order valence-corrected chi connectivity index (χ2v) is 22.7. The third-order valence-corrected chi connectivity index (χ3v) is 18.2. The second-order valence-electron chi connectivity index (χ2n) is 22.7. The van der Waals surface area contributed by atoms with Crippen LogP contribution in [0.25, 0.3) is 123 Å². The van der Waals surface area contributed by atoms with Crippen LogP contribution in [0.4, 0.5) is 46.5 Å². The van der Waals surface area contributed by atoms with Gasteiger partial charge in [-0.3, -0.25) is 0 Å². The standard InChI is InChI=1S/C68H86N24.Zn/c1-17-85(18-2)61-62(86(19-3)20-4)70-46-34-40-39(33-45(46)69-61)53-77-54(40)79-56-42-36-48-50(74-66(90(27-11)28-12)64(72-48)88(23-7)24-8)38-44(42)58(81-56)83-60-52-51(75-67(91(29-13)30-14)68(76-52)92(31-15)32-16)59(84-60)82-57-43-37-49-47(35-41(43)55(78-53)80-57)71-63(87(21-5)22-6)65(73-49)89(25-9)26-10;/h33-38H,17-32H2,1-16H3;/q-2;+2. The molecule has 24 nitrogen and oxygen atoms in total. The normalized spacial score (nSPS) is 11.8. The van der Waals surface area contributed by atoms with E-state index in [4.69, 9.17) is 79.7 Å². The van der Waals surface area contributed by atoms with Crippen molar-refractivity contribution in [2.75, 3.05) is 144 Å². The fourth-order valence-corrected chi connectivity index (χ4v) is 12.9. The van der Waals surface area contributed by atoms with E-state index in [9.17, 15) is 0 Å². The Morgan fingerprint density at radius 1 is 0.226 bits per heavy atom. The smallest absolute Gasteiger partial charge is 0.357 e. The minimum absolute atomic E-state index is 0. The van der Waals surface area contributed by atoms with Crippen LogP contribution in [0.15, 0.2) is 36.4 Å². The van der Waals surface area contributed by atoms with Gasteiger partial charge in [0.15, 0.2) is 46.5 Å². The molecule has 3 aromatic carbocycles. The van der Waals surface area contributed by atoms with Crippen LogP contribution in [0.5, 0.6) is 0 Å². The molecule has 0 saturated carbocycles. The summed E-state index contributed by atoms with van der Waals surface area (Å²) in [6, 6.07) is 12.2. The molecule has 7 aromatic heterocycles. The van der Waals surface area contributed by atoms with Gasteiger partial charge in [-0.25, -0.2) is 49.8 Å². The van der Waals surface area contributed by atoms with E-state index in [-0.39, 0.29) is 30.8 Å². The van der Waals surface area contributed by atoms with Crippen LogP contribution in [0.1, 0.15) is 111 Å². The Bertz CT molecular complexity index is 4310. The maximum Gasteiger partial charge on any atom is 2.00 e. The van der Waals surface area contributed by atoms with Crippen LogP contribution in [0.2, 0.25) is 0 Å². The average molecular weight is 1300 g/mol. The zero-order valence-electron chi connectivity index (χ0n) is 57.2. The Labute approximate surface area is 557 Å². The van der Waals surface area contributed by atoms with Crippen LogP contribution in [-0.4, -0.2) is 174 Å². The van der Waals surface area contributed by atoms with Crippen LogP contribution in [-0.2, 0) is 19.5 Å². The molecule has 93 heavy (non-hydrogen) atoms. The molecule has 0 saturated heterocycles. The Hall–Kier alpha value is -8.86. The second kappa shape index (κ2) is 27.4. The van der Waals surface area contributed by atoms with Gasteiger partial charge in [0.1, 0.15) is 11.0 Å². The molecule has 8 bridgehead atoms. The Balaban J connectivity index is 0.00000884. The van der Waals surface area contributed by atoms with Crippen LogP contribution < -0.4 is 49.2 Å². The first-order valence-electron chi connectivity index (χ1n) is 33.5. The van der Waals surface area contributed by atoms with Gasteiger partial charge in [-0.05, 0) is 158 Å². The zero-order valence-corrected chi connectivity index (χ0v) is 60.2. The number of aromatic nitrogens is 16. The number of fused-ring (bicyclic) bond motifs is 23. The monoisotopic (exact) mass is 1300 g/mol. The van der Waals surface area contributed by atoms with Crippen LogP contribution in [0, 0.1) is 0 Å². The summed E-state index contributed by atoms with van der Waals surface area (Å²) in [5.41, 5.74) is 9.20. The molecule has 0 fully saturated rings. The van der Waals surface area contributed by atoms with Crippen molar-refractivity contribution < 1.29 is 19.5 Å². The van der Waals surface area contributed by atoms with Gasteiger partial charge >= 0.3 is 19.5 Å². The predicted molar refractivity (Wildman–Crippen MR) is 377 cm³/mol. The third-order valence-electron chi connectivity index (χ3n) is 18.2. The Morgan fingerprint density at radius 2 is 0.409 bits per heavy atom. The SMILES string of the molecule is CCN(CC)c1nc2cc3c(cc2nc1N(CC)CC)-c1nc-3nc2[n-]c(nc3nc(nc4[n-]c(n1)c1nc(N(CC)CC)c(N(CC)CC)nc41)-c1cc4nc(N(CC)CC)c(N(CC)CC)nc4cc1-3)c1cc3nc(N(CC)CC)c(N(CC)CC)nc3cc21.[Zn+2]. The Morgan fingerprint density at radius 3 is 0.624 bits per heavy atom. The summed E-state index contributed by atoms with van der Waals surface area (Å²) in [6.45, 7) is 46.2. The van der Waals surface area contributed by atoms with E-state index in [2.05, 4.69) is 150 Å². The summed E-state index contributed by atoms with van der Waals surface area (Å²) in [6.07, 6.45) is 0. The number of hydrogen-bond acceptors (Lipinski definition) is 22. The summed E-state index contributed by atoms with van der Waals surface area (Å²) in [7, 11) is 0. The fraction of sp³-hybridized carbons (Fsp3) is 0.471. The summed E-state index contributed by atoms with van der Waals surface area (Å²) < 4.78 is 0. The van der Waals surface area contributed by atoms with Crippen molar-refractivity contribution in [3.05, 3.63) is 36.4 Å². The molecule has 480 valence electrons. The van der Waals surface area contributed by atoms with Crippen molar-refractivity contribution in [1.82, 2.24) is 79.7 Å². The van der Waals surface area contributed by atoms with Gasteiger partial charge in [-0.15, -0.1) is 0 Å². The number of hydrogen-bond donors (Lipinski definition) is 0. The van der Waals surface area contributed by atoms with Gasteiger partial charge in [0.05, 0.1) is 56.4 Å². The summed E-state index contributed by atoms with van der Waals surface area (Å²) >= 11 is 0. The number of rotatable bonds is 24. The summed E-state index contributed by atoms with van der Waals surface area (Å²) in [5.74, 6) is 7.82. The van der Waals surface area contributed by atoms with E-state index in [0.717, 1.165) is 125 Å². The largest absolute Gasteiger partial charge is 2.00 e. The maximum atomic E-state index is 5.52.